The number of nitrogens with zero attached hydrogens (tertiary/aromatic N) is 1. The Kier molecular flexibility index (Phi) is 5.45. The molecule has 1 fully saturated rings. The SMILES string of the molecule is CCCNC(CN1CCCC1(C)C)c1ccc(C)c(C)c1. The van der Waals surface area contributed by atoms with Crippen LogP contribution in [0.4, 0.5) is 0 Å². The lowest BCUT2D eigenvalue weighted by molar-refractivity contribution is 0.156. The number of rotatable bonds is 6. The van der Waals surface area contributed by atoms with E-state index in [1.54, 1.807) is 0 Å². The second kappa shape index (κ2) is 6.93. The maximum Gasteiger partial charge on any atom is 0.0449 e. The van der Waals surface area contributed by atoms with E-state index in [1.807, 2.05) is 0 Å². The number of hydrogen-bond acceptors (Lipinski definition) is 2. The molecule has 2 nitrogen and oxygen atoms in total. The molecule has 0 aromatic heterocycles. The predicted molar refractivity (Wildman–Crippen MR) is 91.8 cm³/mol. The predicted octanol–water partition coefficient (Wildman–Crippen LogP) is 4.22. The van der Waals surface area contributed by atoms with E-state index >= 15 is 0 Å². The van der Waals surface area contributed by atoms with Gasteiger partial charge >= 0.3 is 0 Å². The summed E-state index contributed by atoms with van der Waals surface area (Å²) in [5.74, 6) is 0. The zero-order chi connectivity index (χ0) is 15.5. The third-order valence-corrected chi connectivity index (χ3v) is 5.05. The molecule has 2 heteroatoms. The van der Waals surface area contributed by atoms with E-state index in [9.17, 15) is 0 Å². The van der Waals surface area contributed by atoms with E-state index in [0.717, 1.165) is 13.1 Å². The molecular weight excluding hydrogens is 256 g/mol. The fraction of sp³-hybridized carbons (Fsp3) is 0.684. The maximum atomic E-state index is 3.76. The van der Waals surface area contributed by atoms with Crippen molar-refractivity contribution in [3.63, 3.8) is 0 Å². The Morgan fingerprint density at radius 3 is 2.57 bits per heavy atom. The first-order valence-corrected chi connectivity index (χ1v) is 8.49. The highest BCUT2D eigenvalue weighted by Gasteiger charge is 2.33. The number of likely N-dealkylation sites (tertiary alicyclic amines) is 1. The lowest BCUT2D eigenvalue weighted by Gasteiger charge is -2.35. The van der Waals surface area contributed by atoms with Gasteiger partial charge in [-0.2, -0.15) is 0 Å². The molecule has 0 amide bonds. The Bertz CT molecular complexity index is 465. The zero-order valence-corrected chi connectivity index (χ0v) is 14.5. The average molecular weight is 288 g/mol. The summed E-state index contributed by atoms with van der Waals surface area (Å²) in [4.78, 5) is 2.66. The third-order valence-electron chi connectivity index (χ3n) is 5.05. The van der Waals surface area contributed by atoms with Crippen LogP contribution < -0.4 is 5.32 Å². The molecule has 0 spiro atoms. The second-order valence-corrected chi connectivity index (χ2v) is 7.21. The summed E-state index contributed by atoms with van der Waals surface area (Å²) in [5.41, 5.74) is 4.58. The summed E-state index contributed by atoms with van der Waals surface area (Å²) >= 11 is 0. The zero-order valence-electron chi connectivity index (χ0n) is 14.5. The van der Waals surface area contributed by atoms with Crippen LogP contribution in [0.15, 0.2) is 18.2 Å². The monoisotopic (exact) mass is 288 g/mol. The van der Waals surface area contributed by atoms with Crippen LogP contribution >= 0.6 is 0 Å². The van der Waals surface area contributed by atoms with Crippen molar-refractivity contribution in [1.82, 2.24) is 10.2 Å². The highest BCUT2D eigenvalue weighted by atomic mass is 15.2. The molecule has 1 aliphatic rings. The molecule has 2 rings (SSSR count). The normalized spacial score (nSPS) is 19.9. The molecule has 0 saturated carbocycles. The molecule has 0 radical (unpaired) electrons. The molecular formula is C19H32N2. The summed E-state index contributed by atoms with van der Waals surface area (Å²) in [6.07, 6.45) is 3.84. The van der Waals surface area contributed by atoms with Crippen molar-refractivity contribution in [3.8, 4) is 0 Å². The van der Waals surface area contributed by atoms with Crippen LogP contribution in [-0.2, 0) is 0 Å². The molecule has 1 heterocycles. The first-order chi connectivity index (χ1) is 9.94. The highest BCUT2D eigenvalue weighted by Crippen LogP contribution is 2.30. The van der Waals surface area contributed by atoms with E-state index in [2.05, 4.69) is 63.0 Å². The Morgan fingerprint density at radius 2 is 2.00 bits per heavy atom. The van der Waals surface area contributed by atoms with Gasteiger partial charge < -0.3 is 5.32 Å². The van der Waals surface area contributed by atoms with Gasteiger partial charge in [0, 0.05) is 18.1 Å². The summed E-state index contributed by atoms with van der Waals surface area (Å²) in [7, 11) is 0. The van der Waals surface area contributed by atoms with Gasteiger partial charge in [0.25, 0.3) is 0 Å². The van der Waals surface area contributed by atoms with E-state index < -0.39 is 0 Å². The lowest BCUT2D eigenvalue weighted by Crippen LogP contribution is -2.43. The van der Waals surface area contributed by atoms with Crippen molar-refractivity contribution >= 4 is 0 Å². The van der Waals surface area contributed by atoms with E-state index in [1.165, 1.54) is 42.5 Å². The molecule has 1 aromatic rings. The number of aryl methyl sites for hydroxylation is 2. The van der Waals surface area contributed by atoms with Crippen molar-refractivity contribution < 1.29 is 0 Å². The summed E-state index contributed by atoms with van der Waals surface area (Å²) in [6.45, 7) is 14.9. The van der Waals surface area contributed by atoms with E-state index in [0.29, 0.717) is 11.6 Å². The van der Waals surface area contributed by atoms with Crippen LogP contribution in [0.3, 0.4) is 0 Å². The van der Waals surface area contributed by atoms with Crippen LogP contribution in [0.5, 0.6) is 0 Å². The number of benzene rings is 1. The average Bonchev–Trinajstić information content (AvgIpc) is 2.77. The molecule has 1 unspecified atom stereocenters. The van der Waals surface area contributed by atoms with Gasteiger partial charge in [-0.25, -0.2) is 0 Å². The molecule has 1 N–H and O–H groups in total. The largest absolute Gasteiger partial charge is 0.309 e. The van der Waals surface area contributed by atoms with Gasteiger partial charge in [-0.15, -0.1) is 0 Å². The van der Waals surface area contributed by atoms with Crippen molar-refractivity contribution in [2.24, 2.45) is 0 Å². The van der Waals surface area contributed by atoms with Gasteiger partial charge in [0.2, 0.25) is 0 Å². The van der Waals surface area contributed by atoms with Crippen LogP contribution in [0.25, 0.3) is 0 Å². The molecule has 1 aliphatic heterocycles. The Labute approximate surface area is 130 Å². The minimum atomic E-state index is 0.353. The molecule has 0 bridgehead atoms. The standard InChI is InChI=1S/C19H32N2/c1-6-11-20-18(14-21-12-7-10-19(21,4)5)17-9-8-15(2)16(3)13-17/h8-9,13,18,20H,6-7,10-12,14H2,1-5H3. The fourth-order valence-electron chi connectivity index (χ4n) is 3.31. The number of hydrogen-bond donors (Lipinski definition) is 1. The van der Waals surface area contributed by atoms with Crippen LogP contribution in [0.1, 0.15) is 62.8 Å². The van der Waals surface area contributed by atoms with Crippen molar-refractivity contribution in [2.75, 3.05) is 19.6 Å². The van der Waals surface area contributed by atoms with Gasteiger partial charge in [-0.1, -0.05) is 25.1 Å². The van der Waals surface area contributed by atoms with Gasteiger partial charge in [0.15, 0.2) is 0 Å². The van der Waals surface area contributed by atoms with Gasteiger partial charge in [0.1, 0.15) is 0 Å². The molecule has 1 atom stereocenters. The summed E-state index contributed by atoms with van der Waals surface area (Å²) in [5, 5.41) is 3.76. The molecule has 21 heavy (non-hydrogen) atoms. The summed E-state index contributed by atoms with van der Waals surface area (Å²) in [6, 6.07) is 7.38. The Hall–Kier alpha value is -0.860. The topological polar surface area (TPSA) is 15.3 Å². The molecule has 118 valence electrons. The minimum Gasteiger partial charge on any atom is -0.309 e. The van der Waals surface area contributed by atoms with Crippen molar-refractivity contribution in [1.29, 1.82) is 0 Å². The van der Waals surface area contributed by atoms with Crippen molar-refractivity contribution in [3.05, 3.63) is 34.9 Å². The minimum absolute atomic E-state index is 0.353. The van der Waals surface area contributed by atoms with Gasteiger partial charge in [0.05, 0.1) is 0 Å². The van der Waals surface area contributed by atoms with Crippen LogP contribution in [0.2, 0.25) is 0 Å². The Morgan fingerprint density at radius 1 is 1.24 bits per heavy atom. The third kappa shape index (κ3) is 4.08. The lowest BCUT2D eigenvalue weighted by atomic mass is 9.98. The maximum absolute atomic E-state index is 3.76. The van der Waals surface area contributed by atoms with Gasteiger partial charge in [-0.05, 0) is 76.7 Å². The summed E-state index contributed by atoms with van der Waals surface area (Å²) < 4.78 is 0. The highest BCUT2D eigenvalue weighted by molar-refractivity contribution is 5.32. The molecule has 1 saturated heterocycles. The van der Waals surface area contributed by atoms with Crippen molar-refractivity contribution in [2.45, 2.75) is 65.5 Å². The first kappa shape index (κ1) is 16.5. The van der Waals surface area contributed by atoms with Gasteiger partial charge in [-0.3, -0.25) is 4.90 Å². The smallest absolute Gasteiger partial charge is 0.0449 e. The molecule has 0 aliphatic carbocycles. The first-order valence-electron chi connectivity index (χ1n) is 8.49. The van der Waals surface area contributed by atoms with E-state index in [4.69, 9.17) is 0 Å². The fourth-order valence-corrected chi connectivity index (χ4v) is 3.31. The Balaban J connectivity index is 2.15. The van der Waals surface area contributed by atoms with Crippen LogP contribution in [-0.4, -0.2) is 30.1 Å². The van der Waals surface area contributed by atoms with Crippen LogP contribution in [0, 0.1) is 13.8 Å². The quantitative estimate of drug-likeness (QED) is 0.843. The van der Waals surface area contributed by atoms with E-state index in [-0.39, 0.29) is 0 Å². The molecule has 1 aromatic carbocycles. The second-order valence-electron chi connectivity index (χ2n) is 7.21. The number of nitrogens with one attached hydrogen (secondary N) is 1.